The predicted octanol–water partition coefficient (Wildman–Crippen LogP) is 2.52. The quantitative estimate of drug-likeness (QED) is 0.915. The van der Waals surface area contributed by atoms with E-state index in [0.717, 1.165) is 5.56 Å². The van der Waals surface area contributed by atoms with Crippen LogP contribution in [0, 0.1) is 0 Å². The molecule has 0 aliphatic rings. The van der Waals surface area contributed by atoms with Gasteiger partial charge in [0.1, 0.15) is 0 Å². The lowest BCUT2D eigenvalue weighted by atomic mass is 10.2. The molecule has 6 nitrogen and oxygen atoms in total. The van der Waals surface area contributed by atoms with E-state index < -0.39 is 0 Å². The Balaban J connectivity index is 2.07. The van der Waals surface area contributed by atoms with E-state index >= 15 is 0 Å². The van der Waals surface area contributed by atoms with E-state index in [1.165, 1.54) is 0 Å². The molecule has 2 rings (SSSR count). The Labute approximate surface area is 134 Å². The second-order valence-electron chi connectivity index (χ2n) is 5.31. The van der Waals surface area contributed by atoms with Crippen LogP contribution in [-0.4, -0.2) is 41.1 Å². The Morgan fingerprint density at radius 1 is 1.27 bits per heavy atom. The zero-order chi connectivity index (χ0) is 16.3. The van der Waals surface area contributed by atoms with Gasteiger partial charge in [-0.1, -0.05) is 16.8 Å². The van der Waals surface area contributed by atoms with Crippen molar-refractivity contribution in [3.05, 3.63) is 35.1 Å². The van der Waals surface area contributed by atoms with Gasteiger partial charge < -0.3 is 9.42 Å². The number of amides is 1. The zero-order valence-corrected chi connectivity index (χ0v) is 13.8. The minimum absolute atomic E-state index is 0.00623. The van der Waals surface area contributed by atoms with Crippen LogP contribution in [0.5, 0.6) is 0 Å². The number of halogens is 1. The number of nitrogens with one attached hydrogen (secondary N) is 1. The topological polar surface area (TPSA) is 71.3 Å². The van der Waals surface area contributed by atoms with Gasteiger partial charge in [0.05, 0.1) is 12.1 Å². The predicted molar refractivity (Wildman–Crippen MR) is 84.5 cm³/mol. The molecule has 1 heterocycles. The SMILES string of the molecule is C[C@H](N[C@H](C)C(=O)N(C)C)c1noc(-c2ccc(Cl)cc2)n1. The molecule has 0 aliphatic heterocycles. The summed E-state index contributed by atoms with van der Waals surface area (Å²) in [6.07, 6.45) is 0. The molecule has 0 aliphatic carbocycles. The Hall–Kier alpha value is -1.92. The van der Waals surface area contributed by atoms with E-state index in [4.69, 9.17) is 16.1 Å². The number of rotatable bonds is 5. The van der Waals surface area contributed by atoms with Gasteiger partial charge in [0.25, 0.3) is 5.89 Å². The molecule has 1 amide bonds. The molecule has 118 valence electrons. The number of hydrogen-bond acceptors (Lipinski definition) is 5. The largest absolute Gasteiger partial charge is 0.347 e. The third kappa shape index (κ3) is 3.84. The summed E-state index contributed by atoms with van der Waals surface area (Å²) >= 11 is 5.85. The van der Waals surface area contributed by atoms with Gasteiger partial charge in [0.15, 0.2) is 5.82 Å². The molecule has 0 saturated carbocycles. The summed E-state index contributed by atoms with van der Waals surface area (Å²) in [5.41, 5.74) is 0.799. The molecular formula is C15H19ClN4O2. The van der Waals surface area contributed by atoms with E-state index in [-0.39, 0.29) is 18.0 Å². The van der Waals surface area contributed by atoms with Crippen LogP contribution in [0.2, 0.25) is 5.02 Å². The molecule has 2 aromatic rings. The molecule has 0 saturated heterocycles. The lowest BCUT2D eigenvalue weighted by molar-refractivity contribution is -0.130. The van der Waals surface area contributed by atoms with Crippen molar-refractivity contribution in [3.8, 4) is 11.5 Å². The number of carbonyl (C=O) groups excluding carboxylic acids is 1. The van der Waals surface area contributed by atoms with Crippen LogP contribution in [0.25, 0.3) is 11.5 Å². The minimum atomic E-state index is -0.331. The number of aromatic nitrogens is 2. The first-order valence-electron chi connectivity index (χ1n) is 6.95. The fourth-order valence-electron chi connectivity index (χ4n) is 2.03. The summed E-state index contributed by atoms with van der Waals surface area (Å²) in [7, 11) is 3.44. The molecule has 0 radical (unpaired) electrons. The minimum Gasteiger partial charge on any atom is -0.347 e. The van der Waals surface area contributed by atoms with Crippen LogP contribution in [0.3, 0.4) is 0 Å². The van der Waals surface area contributed by atoms with Gasteiger partial charge in [-0.15, -0.1) is 0 Å². The first kappa shape index (κ1) is 16.5. The molecule has 22 heavy (non-hydrogen) atoms. The van der Waals surface area contributed by atoms with Crippen molar-refractivity contribution >= 4 is 17.5 Å². The Morgan fingerprint density at radius 3 is 2.50 bits per heavy atom. The summed E-state index contributed by atoms with van der Waals surface area (Å²) in [4.78, 5) is 17.8. The number of carbonyl (C=O) groups is 1. The third-order valence-electron chi connectivity index (χ3n) is 3.23. The summed E-state index contributed by atoms with van der Waals surface area (Å²) in [6, 6.07) is 6.62. The number of nitrogens with zero attached hydrogens (tertiary/aromatic N) is 3. The monoisotopic (exact) mass is 322 g/mol. The highest BCUT2D eigenvalue weighted by molar-refractivity contribution is 6.30. The van der Waals surface area contributed by atoms with Gasteiger partial charge in [-0.3, -0.25) is 10.1 Å². The van der Waals surface area contributed by atoms with E-state index in [9.17, 15) is 4.79 Å². The Morgan fingerprint density at radius 2 is 1.91 bits per heavy atom. The highest BCUT2D eigenvalue weighted by atomic mass is 35.5. The van der Waals surface area contributed by atoms with Crippen molar-refractivity contribution in [2.75, 3.05) is 14.1 Å². The molecule has 2 atom stereocenters. The number of benzene rings is 1. The number of likely N-dealkylation sites (N-methyl/N-ethyl adjacent to an activating group) is 1. The summed E-state index contributed by atoms with van der Waals surface area (Å²) in [5.74, 6) is 0.920. The van der Waals surface area contributed by atoms with E-state index in [0.29, 0.717) is 16.7 Å². The lowest BCUT2D eigenvalue weighted by Crippen LogP contribution is -2.42. The molecule has 0 spiro atoms. The summed E-state index contributed by atoms with van der Waals surface area (Å²) in [5, 5.41) is 7.77. The van der Waals surface area contributed by atoms with Gasteiger partial charge in [0, 0.05) is 24.7 Å². The van der Waals surface area contributed by atoms with Crippen molar-refractivity contribution in [1.29, 1.82) is 0 Å². The van der Waals surface area contributed by atoms with E-state index in [1.54, 1.807) is 38.1 Å². The van der Waals surface area contributed by atoms with Crippen molar-refractivity contribution in [1.82, 2.24) is 20.4 Å². The summed E-state index contributed by atoms with van der Waals surface area (Å²) < 4.78 is 5.26. The van der Waals surface area contributed by atoms with Crippen LogP contribution >= 0.6 is 11.6 Å². The van der Waals surface area contributed by atoms with Gasteiger partial charge in [-0.25, -0.2) is 0 Å². The average Bonchev–Trinajstić information content (AvgIpc) is 2.96. The van der Waals surface area contributed by atoms with Crippen LogP contribution in [0.1, 0.15) is 25.7 Å². The molecule has 0 bridgehead atoms. The van der Waals surface area contributed by atoms with Crippen molar-refractivity contribution in [3.63, 3.8) is 0 Å². The molecule has 0 unspecified atom stereocenters. The van der Waals surface area contributed by atoms with Crippen molar-refractivity contribution in [2.45, 2.75) is 25.9 Å². The molecule has 0 fully saturated rings. The smallest absolute Gasteiger partial charge is 0.257 e. The van der Waals surface area contributed by atoms with E-state index in [1.807, 2.05) is 19.1 Å². The van der Waals surface area contributed by atoms with Gasteiger partial charge in [-0.2, -0.15) is 4.98 Å². The molecular weight excluding hydrogens is 304 g/mol. The van der Waals surface area contributed by atoms with Gasteiger partial charge >= 0.3 is 0 Å². The van der Waals surface area contributed by atoms with E-state index in [2.05, 4.69) is 15.5 Å². The fourth-order valence-corrected chi connectivity index (χ4v) is 2.15. The van der Waals surface area contributed by atoms with Gasteiger partial charge in [0.2, 0.25) is 5.91 Å². The average molecular weight is 323 g/mol. The Kier molecular flexibility index (Phi) is 5.15. The molecule has 1 N–H and O–H groups in total. The second kappa shape index (κ2) is 6.89. The maximum absolute atomic E-state index is 11.9. The lowest BCUT2D eigenvalue weighted by Gasteiger charge is -2.20. The zero-order valence-electron chi connectivity index (χ0n) is 13.0. The number of hydrogen-bond donors (Lipinski definition) is 1. The third-order valence-corrected chi connectivity index (χ3v) is 3.48. The van der Waals surface area contributed by atoms with Crippen LogP contribution in [-0.2, 0) is 4.79 Å². The maximum Gasteiger partial charge on any atom is 0.257 e. The maximum atomic E-state index is 11.9. The molecule has 1 aromatic carbocycles. The molecule has 7 heteroatoms. The normalized spacial score (nSPS) is 13.7. The van der Waals surface area contributed by atoms with Crippen LogP contribution in [0.15, 0.2) is 28.8 Å². The van der Waals surface area contributed by atoms with Crippen molar-refractivity contribution in [2.24, 2.45) is 0 Å². The standard InChI is InChI=1S/C15H19ClN4O2/c1-9(17-10(2)15(21)20(3)4)13-18-14(22-19-13)11-5-7-12(16)8-6-11/h5-10,17H,1-4H3/t9-,10+/m0/s1. The van der Waals surface area contributed by atoms with Crippen LogP contribution in [0.4, 0.5) is 0 Å². The highest BCUT2D eigenvalue weighted by Crippen LogP contribution is 2.21. The van der Waals surface area contributed by atoms with Gasteiger partial charge in [-0.05, 0) is 38.1 Å². The summed E-state index contributed by atoms with van der Waals surface area (Å²) in [6.45, 7) is 3.69. The fraction of sp³-hybridized carbons (Fsp3) is 0.400. The molecule has 1 aromatic heterocycles. The Bertz CT molecular complexity index is 639. The first-order chi connectivity index (χ1) is 10.4. The first-order valence-corrected chi connectivity index (χ1v) is 7.33. The van der Waals surface area contributed by atoms with Crippen molar-refractivity contribution < 1.29 is 9.32 Å². The highest BCUT2D eigenvalue weighted by Gasteiger charge is 2.21. The van der Waals surface area contributed by atoms with Crippen LogP contribution < -0.4 is 5.32 Å². The second-order valence-corrected chi connectivity index (χ2v) is 5.74.